The molecule has 8 aromatic carbocycles. The predicted octanol–water partition coefficient (Wildman–Crippen LogP) is 15.5. The first kappa shape index (κ1) is 34.7. The van der Waals surface area contributed by atoms with Crippen molar-refractivity contribution in [1.29, 1.82) is 0 Å². The zero-order chi connectivity index (χ0) is 40.0. The third-order valence-corrected chi connectivity index (χ3v) is 13.5. The van der Waals surface area contributed by atoms with Crippen molar-refractivity contribution in [2.75, 3.05) is 4.90 Å². The molecule has 5 heteroatoms. The van der Waals surface area contributed by atoms with E-state index in [0.717, 1.165) is 88.4 Å². The summed E-state index contributed by atoms with van der Waals surface area (Å²) in [4.78, 5) is 12.7. The van der Waals surface area contributed by atoms with Crippen LogP contribution in [0.1, 0.15) is 25.0 Å². The van der Waals surface area contributed by atoms with Crippen molar-refractivity contribution in [3.63, 3.8) is 0 Å². The Hall–Kier alpha value is -7.34. The minimum atomic E-state index is -0.105. The van der Waals surface area contributed by atoms with E-state index in [1.54, 1.807) is 11.3 Å². The van der Waals surface area contributed by atoms with Crippen LogP contribution in [0.15, 0.2) is 192 Å². The van der Waals surface area contributed by atoms with Crippen LogP contribution >= 0.6 is 11.3 Å². The average Bonchev–Trinajstić information content (AvgIpc) is 3.94. The molecule has 0 N–H and O–H groups in total. The highest BCUT2D eigenvalue weighted by Crippen LogP contribution is 2.51. The second-order valence-electron chi connectivity index (χ2n) is 16.1. The van der Waals surface area contributed by atoms with Crippen LogP contribution in [0.5, 0.6) is 0 Å². The lowest BCUT2D eigenvalue weighted by atomic mass is 9.82. The number of fused-ring (bicyclic) bond motifs is 9. The summed E-state index contributed by atoms with van der Waals surface area (Å²) >= 11 is 1.75. The van der Waals surface area contributed by atoms with Crippen LogP contribution in [0.3, 0.4) is 0 Å². The summed E-state index contributed by atoms with van der Waals surface area (Å²) in [6.07, 6.45) is 0. The number of hydrogen-bond donors (Lipinski definition) is 0. The molecule has 1 aliphatic carbocycles. The molecule has 0 bridgehead atoms. The highest BCUT2D eigenvalue weighted by molar-refractivity contribution is 7.26. The van der Waals surface area contributed by atoms with Crippen molar-refractivity contribution < 1.29 is 4.42 Å². The summed E-state index contributed by atoms with van der Waals surface area (Å²) < 4.78 is 9.02. The van der Waals surface area contributed by atoms with Crippen molar-refractivity contribution in [2.24, 2.45) is 0 Å². The van der Waals surface area contributed by atoms with Crippen molar-refractivity contribution in [3.05, 3.63) is 199 Å². The molecule has 12 rings (SSSR count). The number of para-hydroxylation sites is 1. The molecule has 1 aliphatic rings. The lowest BCUT2D eigenvalue weighted by molar-refractivity contribution is 0.660. The molecule has 0 unspecified atom stereocenters. The number of aromatic nitrogens is 2. The van der Waals surface area contributed by atoms with Gasteiger partial charge in [-0.25, -0.2) is 9.97 Å². The Morgan fingerprint density at radius 2 is 1.17 bits per heavy atom. The Labute approximate surface area is 351 Å². The molecule has 0 radical (unpaired) electrons. The Morgan fingerprint density at radius 1 is 0.483 bits per heavy atom. The lowest BCUT2D eigenvalue weighted by Gasteiger charge is -2.28. The molecule has 0 saturated heterocycles. The second kappa shape index (κ2) is 13.3. The predicted molar refractivity (Wildman–Crippen MR) is 251 cm³/mol. The molecule has 3 aromatic heterocycles. The second-order valence-corrected chi connectivity index (χ2v) is 17.2. The van der Waals surface area contributed by atoms with Crippen molar-refractivity contribution in [3.8, 4) is 44.9 Å². The lowest BCUT2D eigenvalue weighted by Crippen LogP contribution is -2.16. The van der Waals surface area contributed by atoms with E-state index >= 15 is 0 Å². The van der Waals surface area contributed by atoms with Gasteiger partial charge in [-0.1, -0.05) is 147 Å². The van der Waals surface area contributed by atoms with Crippen LogP contribution in [0.2, 0.25) is 0 Å². The molecule has 60 heavy (non-hydrogen) atoms. The van der Waals surface area contributed by atoms with E-state index in [2.05, 4.69) is 201 Å². The third kappa shape index (κ3) is 5.36. The monoisotopic (exact) mass is 787 g/mol. The highest BCUT2D eigenvalue weighted by atomic mass is 32.1. The maximum absolute atomic E-state index is 6.70. The molecule has 4 nitrogen and oxygen atoms in total. The molecule has 3 heterocycles. The topological polar surface area (TPSA) is 42.2 Å². The quantitative estimate of drug-likeness (QED) is 0.168. The van der Waals surface area contributed by atoms with Crippen molar-refractivity contribution in [1.82, 2.24) is 9.97 Å². The minimum Gasteiger partial charge on any atom is -0.456 e. The summed E-state index contributed by atoms with van der Waals surface area (Å²) in [7, 11) is 0. The first-order chi connectivity index (χ1) is 29.5. The van der Waals surface area contributed by atoms with Crippen molar-refractivity contribution in [2.45, 2.75) is 19.3 Å². The summed E-state index contributed by atoms with van der Waals surface area (Å²) in [5, 5.41) is 3.34. The normalized spacial score (nSPS) is 13.0. The maximum Gasteiger partial charge on any atom is 0.160 e. The number of nitrogens with zero attached hydrogens (tertiary/aromatic N) is 3. The van der Waals surface area contributed by atoms with E-state index in [4.69, 9.17) is 14.4 Å². The summed E-state index contributed by atoms with van der Waals surface area (Å²) in [6.45, 7) is 4.67. The Bertz CT molecular complexity index is 3460. The molecule has 0 aliphatic heterocycles. The Balaban J connectivity index is 0.943. The summed E-state index contributed by atoms with van der Waals surface area (Å²) in [5.41, 5.74) is 16.4. The van der Waals surface area contributed by atoms with Gasteiger partial charge in [0.15, 0.2) is 5.82 Å². The average molecular weight is 788 g/mol. The molecule has 0 saturated carbocycles. The van der Waals surface area contributed by atoms with Crippen LogP contribution in [0.4, 0.5) is 17.1 Å². The number of rotatable bonds is 6. The van der Waals surface area contributed by atoms with E-state index in [1.807, 2.05) is 6.07 Å². The molecule has 0 spiro atoms. The fourth-order valence-electron chi connectivity index (χ4n) is 9.36. The van der Waals surface area contributed by atoms with Crippen molar-refractivity contribution >= 4 is 70.6 Å². The molecule has 0 atom stereocenters. The molecular formula is C55H37N3OS. The van der Waals surface area contributed by atoms with Gasteiger partial charge >= 0.3 is 0 Å². The fraction of sp³-hybridized carbons (Fsp3) is 0.0545. The van der Waals surface area contributed by atoms with Gasteiger partial charge < -0.3 is 9.32 Å². The van der Waals surface area contributed by atoms with Gasteiger partial charge in [-0.2, -0.15) is 0 Å². The molecule has 11 aromatic rings. The number of furan rings is 1. The molecule has 0 fully saturated rings. The van der Waals surface area contributed by atoms with Gasteiger partial charge in [0.05, 0.1) is 15.9 Å². The summed E-state index contributed by atoms with van der Waals surface area (Å²) in [6, 6.07) is 66.9. The van der Waals surface area contributed by atoms with Crippen LogP contribution in [-0.4, -0.2) is 9.97 Å². The van der Waals surface area contributed by atoms with Gasteiger partial charge in [0, 0.05) is 60.5 Å². The van der Waals surface area contributed by atoms with E-state index in [0.29, 0.717) is 0 Å². The minimum absolute atomic E-state index is 0.105. The molecule has 284 valence electrons. The van der Waals surface area contributed by atoms with Crippen LogP contribution in [-0.2, 0) is 5.41 Å². The Morgan fingerprint density at radius 3 is 2.02 bits per heavy atom. The summed E-state index contributed by atoms with van der Waals surface area (Å²) in [5.74, 6) is 0.718. The number of benzene rings is 8. The maximum atomic E-state index is 6.70. The number of hydrogen-bond acceptors (Lipinski definition) is 5. The van der Waals surface area contributed by atoms with Gasteiger partial charge in [0.1, 0.15) is 11.2 Å². The van der Waals surface area contributed by atoms with E-state index in [9.17, 15) is 0 Å². The largest absolute Gasteiger partial charge is 0.456 e. The third-order valence-electron chi connectivity index (χ3n) is 12.3. The van der Waals surface area contributed by atoms with Gasteiger partial charge in [-0.3, -0.25) is 0 Å². The van der Waals surface area contributed by atoms with Gasteiger partial charge in [0.25, 0.3) is 0 Å². The van der Waals surface area contributed by atoms with Crippen LogP contribution in [0.25, 0.3) is 87.1 Å². The zero-order valence-corrected chi connectivity index (χ0v) is 33.9. The number of thiophene rings is 1. The zero-order valence-electron chi connectivity index (χ0n) is 33.1. The van der Waals surface area contributed by atoms with Gasteiger partial charge in [-0.05, 0) is 81.9 Å². The first-order valence-corrected chi connectivity index (χ1v) is 21.2. The van der Waals surface area contributed by atoms with Gasteiger partial charge in [0.2, 0.25) is 0 Å². The smallest absolute Gasteiger partial charge is 0.160 e. The van der Waals surface area contributed by atoms with E-state index < -0.39 is 0 Å². The first-order valence-electron chi connectivity index (χ1n) is 20.4. The molecular weight excluding hydrogens is 751 g/mol. The van der Waals surface area contributed by atoms with E-state index in [-0.39, 0.29) is 5.41 Å². The fourth-order valence-corrected chi connectivity index (χ4v) is 10.5. The SMILES string of the molecule is CC1(C)c2ccccc2-c2ccc(N(c3ccccc3)c3ccc4c(c3)oc3cccc(-c5ccc(-c6nc(-c7ccccc7)c7sc8ccccc8c7n6)cc5)c34)cc21. The van der Waals surface area contributed by atoms with Gasteiger partial charge in [-0.15, -0.1) is 11.3 Å². The Kier molecular flexibility index (Phi) is 7.72. The van der Waals surface area contributed by atoms with Crippen LogP contribution in [0, 0.1) is 0 Å². The standard InChI is InChI=1S/C55H37N3OS/c1-55(2)45-21-11-9-18-41(45)42-30-28-38(32-46(42)55)58(37-16-7-4-8-17-37)39-29-31-43-48(33-39)59-47-22-13-20-40(50(43)47)34-24-26-36(27-25-34)54-56-51(35-14-5-3-6-15-35)53-52(57-54)44-19-10-12-23-49(44)60-53/h3-33H,1-2H3. The number of anilines is 3. The van der Waals surface area contributed by atoms with E-state index in [1.165, 1.54) is 27.0 Å². The van der Waals surface area contributed by atoms with Crippen LogP contribution < -0.4 is 4.90 Å². The molecule has 0 amide bonds. The highest BCUT2D eigenvalue weighted by Gasteiger charge is 2.35.